The first kappa shape index (κ1) is 29.7. The second-order valence-electron chi connectivity index (χ2n) is 9.99. The van der Waals surface area contributed by atoms with Crippen LogP contribution in [0.5, 0.6) is 0 Å². The van der Waals surface area contributed by atoms with Gasteiger partial charge in [0.25, 0.3) is 5.56 Å². The summed E-state index contributed by atoms with van der Waals surface area (Å²) in [5, 5.41) is 9.34. The first-order chi connectivity index (χ1) is 16.7. The molecular weight excluding hydrogens is 455 g/mol. The molecule has 1 aromatic heterocycles. The Hall–Kier alpha value is -1.55. The number of aliphatic hydroxyl groups is 1. The first-order valence-corrected chi connectivity index (χ1v) is 13.4. The fraction of sp³-hybridized carbons (Fsp3) is 0.846. The van der Waals surface area contributed by atoms with Crippen molar-refractivity contribution in [2.45, 2.75) is 135 Å². The van der Waals surface area contributed by atoms with Gasteiger partial charge in [-0.05, 0) is 13.8 Å². The van der Waals surface area contributed by atoms with Gasteiger partial charge < -0.3 is 19.3 Å². The number of fused-ring (bicyclic) bond motifs is 1. The lowest BCUT2D eigenvalue weighted by atomic mass is 10.1. The third kappa shape index (κ3) is 9.12. The van der Waals surface area contributed by atoms with Crippen LogP contribution in [0, 0.1) is 5.82 Å². The van der Waals surface area contributed by atoms with Crippen molar-refractivity contribution in [2.24, 2.45) is 0 Å². The normalized spacial score (nSPS) is 24.7. The maximum Gasteiger partial charge on any atom is 0.330 e. The van der Waals surface area contributed by atoms with Crippen LogP contribution in [0.25, 0.3) is 0 Å². The number of hydrogen-bond acceptors (Lipinski definition) is 6. The van der Waals surface area contributed by atoms with Gasteiger partial charge in [0.05, 0.1) is 12.8 Å². The van der Waals surface area contributed by atoms with Crippen molar-refractivity contribution in [1.29, 1.82) is 0 Å². The van der Waals surface area contributed by atoms with Crippen molar-refractivity contribution in [3.63, 3.8) is 0 Å². The highest BCUT2D eigenvalue weighted by Gasteiger charge is 2.55. The summed E-state index contributed by atoms with van der Waals surface area (Å²) in [6, 6.07) is 0. The lowest BCUT2D eigenvalue weighted by Crippen LogP contribution is -2.38. The Labute approximate surface area is 208 Å². The van der Waals surface area contributed by atoms with Crippen LogP contribution >= 0.6 is 0 Å². The number of rotatable bonds is 13. The average Bonchev–Trinajstić information content (AvgIpc) is 3.30. The molecule has 2 saturated heterocycles. The lowest BCUT2D eigenvalue weighted by Gasteiger charge is -2.24. The Morgan fingerprint density at radius 2 is 1.40 bits per heavy atom. The number of unbranched alkanes of at least 4 members (excludes halogenated alkanes) is 11. The SMILES string of the molecule is CC1(C)OC2[C@@H](O1)[C@@H](CO)O[C@H]2n1cc(F)c(=O)[nH]c1=O.CCCCCCCCCCCCCC. The fourth-order valence-corrected chi connectivity index (χ4v) is 4.59. The largest absolute Gasteiger partial charge is 0.394 e. The molecule has 3 rings (SSSR count). The van der Waals surface area contributed by atoms with E-state index in [9.17, 15) is 19.1 Å². The highest BCUT2D eigenvalue weighted by molar-refractivity contribution is 4.99. The Kier molecular flexibility index (Phi) is 12.6. The molecular formula is C26H45FN2O6. The van der Waals surface area contributed by atoms with Crippen molar-refractivity contribution in [3.05, 3.63) is 32.9 Å². The third-order valence-electron chi connectivity index (χ3n) is 6.46. The van der Waals surface area contributed by atoms with Crippen LogP contribution in [0.4, 0.5) is 4.39 Å². The van der Waals surface area contributed by atoms with E-state index in [-0.39, 0.29) is 6.61 Å². The van der Waals surface area contributed by atoms with Gasteiger partial charge in [0.15, 0.2) is 12.0 Å². The van der Waals surface area contributed by atoms with E-state index in [0.717, 1.165) is 10.8 Å². The predicted octanol–water partition coefficient (Wildman–Crippen LogP) is 4.79. The van der Waals surface area contributed by atoms with Gasteiger partial charge in [-0.15, -0.1) is 0 Å². The van der Waals surface area contributed by atoms with E-state index in [2.05, 4.69) is 13.8 Å². The number of halogens is 1. The summed E-state index contributed by atoms with van der Waals surface area (Å²) < 4.78 is 31.1. The molecule has 0 bridgehead atoms. The van der Waals surface area contributed by atoms with Crippen molar-refractivity contribution >= 4 is 0 Å². The molecule has 2 aliphatic heterocycles. The molecule has 2 fully saturated rings. The van der Waals surface area contributed by atoms with Crippen LogP contribution in [0.3, 0.4) is 0 Å². The zero-order valence-electron chi connectivity index (χ0n) is 21.9. The van der Waals surface area contributed by atoms with Crippen molar-refractivity contribution in [1.82, 2.24) is 9.55 Å². The quantitative estimate of drug-likeness (QED) is 0.378. The van der Waals surface area contributed by atoms with E-state index in [4.69, 9.17) is 14.2 Å². The van der Waals surface area contributed by atoms with Crippen LogP contribution in [0.15, 0.2) is 15.8 Å². The standard InChI is InChI=1S/C14H30.C12H15FN2O6/c1-3-5-7-9-11-13-14-12-10-8-6-4-2;1-12(2)20-7-6(4-16)19-10(8(7)21-12)15-3-5(13)9(17)14-11(15)18/h3-14H2,1-2H3;3,6-8,10,16H,4H2,1-2H3,(H,14,17,18)/t;6-,7+,8?,10-/m.1/s1. The molecule has 4 atom stereocenters. The number of nitrogens with zero attached hydrogens (tertiary/aromatic N) is 1. The molecule has 1 unspecified atom stereocenters. The van der Waals surface area contributed by atoms with Crippen LogP contribution in [-0.2, 0) is 14.2 Å². The number of aliphatic hydroxyl groups excluding tert-OH is 1. The summed E-state index contributed by atoms with van der Waals surface area (Å²) in [6.45, 7) is 7.61. The first-order valence-electron chi connectivity index (χ1n) is 13.4. The van der Waals surface area contributed by atoms with Gasteiger partial charge in [0.1, 0.15) is 18.3 Å². The predicted molar refractivity (Wildman–Crippen MR) is 133 cm³/mol. The molecule has 0 aliphatic carbocycles. The second kappa shape index (κ2) is 14.9. The second-order valence-corrected chi connectivity index (χ2v) is 9.99. The summed E-state index contributed by atoms with van der Waals surface area (Å²) in [7, 11) is 0. The van der Waals surface area contributed by atoms with Crippen molar-refractivity contribution in [2.75, 3.05) is 6.61 Å². The lowest BCUT2D eigenvalue weighted by molar-refractivity contribution is -0.200. The summed E-state index contributed by atoms with van der Waals surface area (Å²) in [4.78, 5) is 24.8. The molecule has 0 saturated carbocycles. The monoisotopic (exact) mass is 500 g/mol. The highest BCUT2D eigenvalue weighted by atomic mass is 19.1. The minimum Gasteiger partial charge on any atom is -0.394 e. The number of aromatic nitrogens is 2. The van der Waals surface area contributed by atoms with Crippen molar-refractivity contribution in [3.8, 4) is 0 Å². The van der Waals surface area contributed by atoms with E-state index in [1.807, 2.05) is 4.98 Å². The molecule has 0 amide bonds. The molecule has 0 spiro atoms. The number of nitrogens with one attached hydrogen (secondary N) is 1. The molecule has 202 valence electrons. The van der Waals surface area contributed by atoms with Gasteiger partial charge in [-0.2, -0.15) is 4.39 Å². The average molecular weight is 501 g/mol. The van der Waals surface area contributed by atoms with E-state index in [1.54, 1.807) is 13.8 Å². The zero-order chi connectivity index (χ0) is 25.8. The molecule has 2 N–H and O–H groups in total. The Morgan fingerprint density at radius 3 is 1.89 bits per heavy atom. The molecule has 0 radical (unpaired) electrons. The Morgan fingerprint density at radius 1 is 0.914 bits per heavy atom. The van der Waals surface area contributed by atoms with Gasteiger partial charge in [0.2, 0.25) is 5.82 Å². The molecule has 1 aromatic rings. The van der Waals surface area contributed by atoms with E-state index < -0.39 is 47.4 Å². The summed E-state index contributed by atoms with van der Waals surface area (Å²) in [6.07, 6.45) is 15.2. The zero-order valence-corrected chi connectivity index (χ0v) is 21.9. The summed E-state index contributed by atoms with van der Waals surface area (Å²) >= 11 is 0. The molecule has 3 heterocycles. The highest BCUT2D eigenvalue weighted by Crippen LogP contribution is 2.42. The van der Waals surface area contributed by atoms with Crippen molar-refractivity contribution < 1.29 is 23.7 Å². The number of hydrogen-bond donors (Lipinski definition) is 2. The number of aromatic amines is 1. The maximum absolute atomic E-state index is 13.4. The van der Waals surface area contributed by atoms with Crippen LogP contribution < -0.4 is 11.2 Å². The van der Waals surface area contributed by atoms with E-state index >= 15 is 0 Å². The topological polar surface area (TPSA) is 103 Å². The molecule has 0 aromatic carbocycles. The number of ether oxygens (including phenoxy) is 3. The summed E-state index contributed by atoms with van der Waals surface area (Å²) in [5.74, 6) is -2.02. The molecule has 2 aliphatic rings. The van der Waals surface area contributed by atoms with Gasteiger partial charge in [0, 0.05) is 0 Å². The molecule has 9 heteroatoms. The summed E-state index contributed by atoms with van der Waals surface area (Å²) in [5.41, 5.74) is -1.93. The van der Waals surface area contributed by atoms with Gasteiger partial charge in [-0.1, -0.05) is 90.9 Å². The number of H-pyrrole nitrogens is 1. The smallest absolute Gasteiger partial charge is 0.330 e. The Balaban J connectivity index is 0.000000271. The molecule has 35 heavy (non-hydrogen) atoms. The van der Waals surface area contributed by atoms with E-state index in [0.29, 0.717) is 0 Å². The minimum atomic E-state index is -1.11. The Bertz CT molecular complexity index is 843. The fourth-order valence-electron chi connectivity index (χ4n) is 4.59. The van der Waals surface area contributed by atoms with E-state index in [1.165, 1.54) is 77.0 Å². The van der Waals surface area contributed by atoms with Crippen LogP contribution in [-0.4, -0.2) is 45.4 Å². The minimum absolute atomic E-state index is 0.336. The third-order valence-corrected chi connectivity index (χ3v) is 6.46. The van der Waals surface area contributed by atoms with Gasteiger partial charge in [-0.25, -0.2) is 4.79 Å². The van der Waals surface area contributed by atoms with Gasteiger partial charge >= 0.3 is 5.69 Å². The maximum atomic E-state index is 13.4. The molecule has 8 nitrogen and oxygen atoms in total. The van der Waals surface area contributed by atoms with Crippen LogP contribution in [0.1, 0.15) is 111 Å². The van der Waals surface area contributed by atoms with Gasteiger partial charge in [-0.3, -0.25) is 14.3 Å². The van der Waals surface area contributed by atoms with Crippen LogP contribution in [0.2, 0.25) is 0 Å².